The molecule has 4 heterocycles. The average Bonchev–Trinajstić information content (AvgIpc) is 3.28. The molecule has 2 fully saturated rings. The number of aromatic nitrogens is 2. The van der Waals surface area contributed by atoms with Gasteiger partial charge in [0.1, 0.15) is 11.9 Å². The Morgan fingerprint density at radius 2 is 2.06 bits per heavy atom. The quantitative estimate of drug-likeness (QED) is 0.693. The summed E-state index contributed by atoms with van der Waals surface area (Å²) in [7, 11) is 0. The van der Waals surface area contributed by atoms with E-state index >= 15 is 0 Å². The van der Waals surface area contributed by atoms with Gasteiger partial charge in [-0.2, -0.15) is 13.2 Å². The lowest BCUT2D eigenvalue weighted by molar-refractivity contribution is -0.192. The monoisotopic (exact) mass is 463 g/mol. The van der Waals surface area contributed by atoms with E-state index in [1.165, 1.54) is 18.3 Å². The molecule has 1 amide bonds. The molecule has 31 heavy (non-hydrogen) atoms. The van der Waals surface area contributed by atoms with Gasteiger partial charge in [0.2, 0.25) is 0 Å². The van der Waals surface area contributed by atoms with Crippen LogP contribution in [0.3, 0.4) is 0 Å². The van der Waals surface area contributed by atoms with Crippen molar-refractivity contribution < 1.29 is 41.5 Å². The number of carboxylic acid groups (broad SMARTS) is 1. The summed E-state index contributed by atoms with van der Waals surface area (Å²) in [5, 5.41) is 10.9. The SMILES string of the molecule is Cc1cc(C(=O)N2CC3(CC(Oc4ncccc4F)CS3)C2)no1.O=C(O)C(F)(F)F. The molecule has 0 bridgehead atoms. The highest BCUT2D eigenvalue weighted by Crippen LogP contribution is 2.46. The highest BCUT2D eigenvalue weighted by Gasteiger charge is 2.51. The summed E-state index contributed by atoms with van der Waals surface area (Å²) < 4.78 is 56.0. The Morgan fingerprint density at radius 3 is 2.61 bits per heavy atom. The highest BCUT2D eigenvalue weighted by atomic mass is 32.2. The molecule has 4 rings (SSSR count). The Kier molecular flexibility index (Phi) is 6.43. The molecular weight excluding hydrogens is 446 g/mol. The minimum absolute atomic E-state index is 0.00956. The van der Waals surface area contributed by atoms with Crippen LogP contribution in [0.4, 0.5) is 17.6 Å². The van der Waals surface area contributed by atoms with Crippen LogP contribution in [0.25, 0.3) is 0 Å². The first kappa shape index (κ1) is 22.8. The maximum atomic E-state index is 13.6. The number of carboxylic acids is 1. The van der Waals surface area contributed by atoms with Crippen molar-refractivity contribution in [2.75, 3.05) is 18.8 Å². The zero-order valence-corrected chi connectivity index (χ0v) is 16.9. The lowest BCUT2D eigenvalue weighted by atomic mass is 9.92. The van der Waals surface area contributed by atoms with E-state index in [-0.39, 0.29) is 22.6 Å². The summed E-state index contributed by atoms with van der Waals surface area (Å²) in [6.07, 6.45) is -2.89. The van der Waals surface area contributed by atoms with E-state index < -0.39 is 18.0 Å². The first-order valence-corrected chi connectivity index (χ1v) is 9.91. The molecule has 2 aromatic rings. The van der Waals surface area contributed by atoms with Gasteiger partial charge >= 0.3 is 12.1 Å². The lowest BCUT2D eigenvalue weighted by Gasteiger charge is -2.47. The summed E-state index contributed by atoms with van der Waals surface area (Å²) in [6, 6.07) is 4.52. The summed E-state index contributed by atoms with van der Waals surface area (Å²) in [6.45, 7) is 3.05. The number of pyridine rings is 1. The number of rotatable bonds is 3. The molecule has 2 saturated heterocycles. The molecule has 0 aromatic carbocycles. The molecule has 0 aliphatic carbocycles. The Balaban J connectivity index is 0.000000339. The Hall–Kier alpha value is -2.83. The number of hydrogen-bond donors (Lipinski definition) is 1. The normalized spacial score (nSPS) is 19.4. The van der Waals surface area contributed by atoms with Gasteiger partial charge in [-0.15, -0.1) is 11.8 Å². The first-order chi connectivity index (χ1) is 14.5. The first-order valence-electron chi connectivity index (χ1n) is 8.93. The Labute approximate surface area is 177 Å². The minimum atomic E-state index is -5.08. The van der Waals surface area contributed by atoms with Gasteiger partial charge in [0.15, 0.2) is 11.5 Å². The fraction of sp³-hybridized carbons (Fsp3) is 0.444. The van der Waals surface area contributed by atoms with Crippen LogP contribution in [0.15, 0.2) is 28.9 Å². The van der Waals surface area contributed by atoms with Crippen molar-refractivity contribution in [3.8, 4) is 5.88 Å². The number of aliphatic carboxylic acids is 1. The van der Waals surface area contributed by atoms with E-state index in [0.717, 1.165) is 12.2 Å². The number of alkyl halides is 3. The number of carbonyl (C=O) groups is 2. The molecule has 1 unspecified atom stereocenters. The third-order valence-corrected chi connectivity index (χ3v) is 6.09. The van der Waals surface area contributed by atoms with E-state index in [9.17, 15) is 22.4 Å². The number of thioether (sulfide) groups is 1. The van der Waals surface area contributed by atoms with Gasteiger partial charge in [0.05, 0.1) is 4.75 Å². The maximum Gasteiger partial charge on any atom is 0.490 e. The van der Waals surface area contributed by atoms with Gasteiger partial charge < -0.3 is 19.3 Å². The van der Waals surface area contributed by atoms with Crippen molar-refractivity contribution in [1.82, 2.24) is 15.0 Å². The fourth-order valence-corrected chi connectivity index (χ4v) is 4.66. The summed E-state index contributed by atoms with van der Waals surface area (Å²) >= 11 is 1.77. The van der Waals surface area contributed by atoms with Gasteiger partial charge in [-0.3, -0.25) is 4.79 Å². The molecule has 8 nitrogen and oxygen atoms in total. The number of likely N-dealkylation sites (tertiary alicyclic amines) is 1. The van der Waals surface area contributed by atoms with Crippen molar-refractivity contribution in [2.45, 2.75) is 30.4 Å². The summed E-state index contributed by atoms with van der Waals surface area (Å²) in [5.74, 6) is -1.89. The molecule has 1 atom stereocenters. The van der Waals surface area contributed by atoms with Crippen LogP contribution >= 0.6 is 11.8 Å². The number of ether oxygens (including phenoxy) is 1. The maximum absolute atomic E-state index is 13.6. The van der Waals surface area contributed by atoms with Crippen LogP contribution in [0, 0.1) is 12.7 Å². The standard InChI is InChI=1S/C16H16FN3O3S.C2HF3O2/c1-10-5-13(19-23-10)15(21)20-8-16(9-20)6-11(7-24-16)22-14-12(17)3-2-4-18-14;3-2(4,5)1(6)7/h2-5,11H,6-9H2,1H3;(H,6,7). The van der Waals surface area contributed by atoms with Crippen molar-refractivity contribution in [3.63, 3.8) is 0 Å². The third kappa shape index (κ3) is 5.46. The topological polar surface area (TPSA) is 106 Å². The van der Waals surface area contributed by atoms with Gasteiger partial charge in [-0.25, -0.2) is 14.2 Å². The van der Waals surface area contributed by atoms with E-state index in [0.29, 0.717) is 24.5 Å². The number of hydrogen-bond acceptors (Lipinski definition) is 7. The molecule has 2 aliphatic heterocycles. The predicted octanol–water partition coefficient (Wildman–Crippen LogP) is 2.93. The van der Waals surface area contributed by atoms with E-state index in [1.807, 2.05) is 0 Å². The summed E-state index contributed by atoms with van der Waals surface area (Å²) in [5.41, 5.74) is 0.341. The average molecular weight is 463 g/mol. The predicted molar refractivity (Wildman–Crippen MR) is 99.3 cm³/mol. The zero-order valence-electron chi connectivity index (χ0n) is 16.1. The zero-order chi connectivity index (χ0) is 22.8. The van der Waals surface area contributed by atoms with E-state index in [2.05, 4.69) is 10.1 Å². The molecule has 168 valence electrons. The molecular formula is C18H17F4N3O5S. The van der Waals surface area contributed by atoms with Gasteiger partial charge in [0.25, 0.3) is 11.8 Å². The van der Waals surface area contributed by atoms with Crippen LogP contribution in [-0.4, -0.2) is 67.9 Å². The fourth-order valence-electron chi connectivity index (χ4n) is 3.14. The number of carbonyl (C=O) groups excluding carboxylic acids is 1. The molecule has 1 N–H and O–H groups in total. The molecule has 1 spiro atoms. The third-order valence-electron chi connectivity index (χ3n) is 4.51. The highest BCUT2D eigenvalue weighted by molar-refractivity contribution is 8.01. The van der Waals surface area contributed by atoms with E-state index in [4.69, 9.17) is 19.2 Å². The lowest BCUT2D eigenvalue weighted by Crippen LogP contribution is -2.60. The second kappa shape index (κ2) is 8.73. The second-order valence-electron chi connectivity index (χ2n) is 7.02. The van der Waals surface area contributed by atoms with Crippen molar-refractivity contribution in [1.29, 1.82) is 0 Å². The second-order valence-corrected chi connectivity index (χ2v) is 8.50. The van der Waals surface area contributed by atoms with Gasteiger partial charge in [-0.1, -0.05) is 5.16 Å². The van der Waals surface area contributed by atoms with E-state index in [1.54, 1.807) is 29.7 Å². The Morgan fingerprint density at radius 1 is 1.39 bits per heavy atom. The molecule has 13 heteroatoms. The van der Waals surface area contributed by atoms with Crippen LogP contribution in [0.2, 0.25) is 0 Å². The van der Waals surface area contributed by atoms with Crippen molar-refractivity contribution >= 4 is 23.6 Å². The largest absolute Gasteiger partial charge is 0.490 e. The van der Waals surface area contributed by atoms with Crippen molar-refractivity contribution in [2.24, 2.45) is 0 Å². The smallest absolute Gasteiger partial charge is 0.475 e. The Bertz CT molecular complexity index is 962. The van der Waals surface area contributed by atoms with Crippen LogP contribution in [-0.2, 0) is 4.79 Å². The van der Waals surface area contributed by atoms with Crippen molar-refractivity contribution in [3.05, 3.63) is 41.7 Å². The molecule has 0 radical (unpaired) electrons. The molecule has 2 aliphatic rings. The van der Waals surface area contributed by atoms with Gasteiger partial charge in [-0.05, 0) is 19.1 Å². The van der Waals surface area contributed by atoms with Gasteiger partial charge in [0, 0.05) is 37.5 Å². The van der Waals surface area contributed by atoms with Crippen LogP contribution in [0.5, 0.6) is 5.88 Å². The minimum Gasteiger partial charge on any atom is -0.475 e. The number of amides is 1. The molecule has 0 saturated carbocycles. The number of nitrogens with zero attached hydrogens (tertiary/aromatic N) is 3. The number of halogens is 4. The van der Waals surface area contributed by atoms with Crippen LogP contribution in [0.1, 0.15) is 22.7 Å². The number of aryl methyl sites for hydroxylation is 1. The molecule has 2 aromatic heterocycles. The summed E-state index contributed by atoms with van der Waals surface area (Å²) in [4.78, 5) is 26.9. The van der Waals surface area contributed by atoms with Crippen LogP contribution < -0.4 is 4.74 Å².